The molecule has 0 aliphatic carbocycles. The minimum Gasteiger partial charge on any atom is -0.479 e. The second-order valence-corrected chi connectivity index (χ2v) is 6.19. The Hall–Kier alpha value is -2.13. The summed E-state index contributed by atoms with van der Waals surface area (Å²) in [6, 6.07) is 4.74. The lowest BCUT2D eigenvalue weighted by Crippen LogP contribution is -2.45. The van der Waals surface area contributed by atoms with Gasteiger partial charge in [0.2, 0.25) is 0 Å². The Morgan fingerprint density at radius 1 is 1.24 bits per heavy atom. The molecule has 0 radical (unpaired) electrons. The molecule has 1 aliphatic heterocycles. The van der Waals surface area contributed by atoms with E-state index in [1.807, 2.05) is 0 Å². The molecule has 21 heavy (non-hydrogen) atoms. The lowest BCUT2D eigenvalue weighted by atomic mass is 9.91. The molecule has 1 aliphatic rings. The molecule has 0 fully saturated rings. The summed E-state index contributed by atoms with van der Waals surface area (Å²) in [5.74, 6) is -1.33. The molecule has 0 saturated heterocycles. The maximum atomic E-state index is 11.4. The van der Waals surface area contributed by atoms with Gasteiger partial charge in [-0.25, -0.2) is 9.59 Å². The normalized spacial score (nSPS) is 21.7. The average Bonchev–Trinajstić information content (AvgIpc) is 2.36. The average molecular weight is 315 g/mol. The van der Waals surface area contributed by atoms with Gasteiger partial charge in [-0.1, -0.05) is 24.3 Å². The highest BCUT2D eigenvalue weighted by Crippen LogP contribution is 2.37. The Morgan fingerprint density at radius 3 is 2.29 bits per heavy atom. The molecule has 0 bridgehead atoms. The summed E-state index contributed by atoms with van der Waals surface area (Å²) < 4.78 is 27.5. The minimum atomic E-state index is -3.82. The number of aliphatic carboxylic acids is 1. The van der Waals surface area contributed by atoms with Crippen molar-refractivity contribution in [1.82, 2.24) is 4.90 Å². The van der Waals surface area contributed by atoms with Crippen LogP contribution in [0.15, 0.2) is 24.3 Å². The maximum absolute atomic E-state index is 11.4. The number of benzene rings is 1. The van der Waals surface area contributed by atoms with E-state index in [0.29, 0.717) is 10.5 Å². The van der Waals surface area contributed by atoms with Crippen LogP contribution < -0.4 is 0 Å². The number of carboxylic acid groups (broad SMARTS) is 2. The van der Waals surface area contributed by atoms with E-state index in [2.05, 4.69) is 0 Å². The Labute approximate surface area is 120 Å². The fourth-order valence-electron chi connectivity index (χ4n) is 2.35. The number of rotatable bonds is 3. The van der Waals surface area contributed by atoms with Gasteiger partial charge < -0.3 is 10.2 Å². The van der Waals surface area contributed by atoms with Crippen molar-refractivity contribution in [1.29, 1.82) is 0 Å². The predicted octanol–water partition coefficient (Wildman–Crippen LogP) is 0.823. The van der Waals surface area contributed by atoms with Crippen molar-refractivity contribution in [2.24, 2.45) is 0 Å². The summed E-state index contributed by atoms with van der Waals surface area (Å²) in [6.07, 6.45) is -1.67. The molecule has 0 spiro atoms. The molecule has 1 aromatic carbocycles. The van der Waals surface area contributed by atoms with Gasteiger partial charge in [0.05, 0.1) is 12.8 Å². The van der Waals surface area contributed by atoms with E-state index < -0.39 is 34.3 Å². The first-order chi connectivity index (χ1) is 9.70. The lowest BCUT2D eigenvalue weighted by Gasteiger charge is -2.36. The number of hydrogen-bond acceptors (Lipinski definition) is 5. The predicted molar refractivity (Wildman–Crippen MR) is 70.2 cm³/mol. The molecule has 2 atom stereocenters. The van der Waals surface area contributed by atoms with Crippen LogP contribution in [0.3, 0.4) is 0 Å². The van der Waals surface area contributed by atoms with Crippen LogP contribution >= 0.6 is 0 Å². The van der Waals surface area contributed by atoms with Crippen LogP contribution in [0.1, 0.15) is 23.3 Å². The molecule has 0 aromatic heterocycles. The highest BCUT2D eigenvalue weighted by molar-refractivity contribution is 7.86. The molecule has 114 valence electrons. The van der Waals surface area contributed by atoms with E-state index in [0.717, 1.165) is 6.26 Å². The fourth-order valence-corrected chi connectivity index (χ4v) is 2.94. The lowest BCUT2D eigenvalue weighted by molar-refractivity contribution is -0.143. The largest absolute Gasteiger partial charge is 0.479 e. The summed E-state index contributed by atoms with van der Waals surface area (Å²) in [6.45, 7) is -0.379. The first-order valence-electron chi connectivity index (χ1n) is 5.90. The second kappa shape index (κ2) is 5.34. The third-order valence-corrected chi connectivity index (χ3v) is 3.66. The molecule has 8 nitrogen and oxygen atoms in total. The van der Waals surface area contributed by atoms with Gasteiger partial charge in [0.25, 0.3) is 10.1 Å². The van der Waals surface area contributed by atoms with Crippen molar-refractivity contribution in [3.05, 3.63) is 35.4 Å². The third kappa shape index (κ3) is 3.14. The molecule has 2 rings (SSSR count). The van der Waals surface area contributed by atoms with Gasteiger partial charge in [-0.3, -0.25) is 9.08 Å². The minimum absolute atomic E-state index is 0.201. The first kappa shape index (κ1) is 15.3. The summed E-state index contributed by atoms with van der Waals surface area (Å²) in [7, 11) is -3.82. The molecule has 9 heteroatoms. The van der Waals surface area contributed by atoms with E-state index >= 15 is 0 Å². The van der Waals surface area contributed by atoms with Gasteiger partial charge in [0, 0.05) is 0 Å². The molecule has 1 heterocycles. The SMILES string of the molecule is CS(=O)(=O)O[C@@H]1CN(C(=O)O)[C@H](C(=O)O)c2ccccc21. The first-order valence-corrected chi connectivity index (χ1v) is 7.72. The van der Waals surface area contributed by atoms with Crippen molar-refractivity contribution < 1.29 is 32.4 Å². The zero-order valence-corrected chi connectivity index (χ0v) is 11.8. The van der Waals surface area contributed by atoms with Gasteiger partial charge in [-0.05, 0) is 11.1 Å². The monoisotopic (exact) mass is 315 g/mol. The molecular formula is C12H13NO7S. The molecule has 2 N–H and O–H groups in total. The highest BCUT2D eigenvalue weighted by atomic mass is 32.2. The zero-order valence-electron chi connectivity index (χ0n) is 11.0. The van der Waals surface area contributed by atoms with Crippen molar-refractivity contribution in [3.63, 3.8) is 0 Å². The number of hydrogen-bond donors (Lipinski definition) is 2. The van der Waals surface area contributed by atoms with E-state index in [1.54, 1.807) is 12.1 Å². The van der Waals surface area contributed by atoms with Crippen LogP contribution in [0, 0.1) is 0 Å². The smallest absolute Gasteiger partial charge is 0.408 e. The van der Waals surface area contributed by atoms with Crippen LogP contribution in [0.25, 0.3) is 0 Å². The van der Waals surface area contributed by atoms with Crippen LogP contribution in [0.5, 0.6) is 0 Å². The second-order valence-electron chi connectivity index (χ2n) is 4.59. The molecule has 0 saturated carbocycles. The summed E-state index contributed by atoms with van der Waals surface area (Å²) in [5, 5.41) is 18.4. The van der Waals surface area contributed by atoms with Gasteiger partial charge in [0.15, 0.2) is 6.04 Å². The van der Waals surface area contributed by atoms with Crippen molar-refractivity contribution in [2.45, 2.75) is 12.1 Å². The summed E-state index contributed by atoms with van der Waals surface area (Å²) in [5.41, 5.74) is 0.556. The van der Waals surface area contributed by atoms with Crippen LogP contribution in [0.2, 0.25) is 0 Å². The Morgan fingerprint density at radius 2 is 1.81 bits per heavy atom. The molecule has 0 unspecified atom stereocenters. The van der Waals surface area contributed by atoms with Gasteiger partial charge in [0.1, 0.15) is 6.10 Å². The Bertz CT molecular complexity index is 685. The topological polar surface area (TPSA) is 121 Å². The third-order valence-electron chi connectivity index (χ3n) is 3.08. The van der Waals surface area contributed by atoms with E-state index in [4.69, 9.17) is 9.29 Å². The van der Waals surface area contributed by atoms with Gasteiger partial charge in [-0.2, -0.15) is 8.42 Å². The Balaban J connectivity index is 2.55. The van der Waals surface area contributed by atoms with Crippen LogP contribution in [-0.2, 0) is 19.1 Å². The summed E-state index contributed by atoms with van der Waals surface area (Å²) >= 11 is 0. The fraction of sp³-hybridized carbons (Fsp3) is 0.333. The maximum Gasteiger partial charge on any atom is 0.408 e. The highest BCUT2D eigenvalue weighted by Gasteiger charge is 2.41. The van der Waals surface area contributed by atoms with Crippen LogP contribution in [0.4, 0.5) is 4.79 Å². The van der Waals surface area contributed by atoms with Gasteiger partial charge >= 0.3 is 12.1 Å². The zero-order chi connectivity index (χ0) is 15.8. The van der Waals surface area contributed by atoms with Crippen molar-refractivity contribution in [2.75, 3.05) is 12.8 Å². The Kier molecular flexibility index (Phi) is 3.88. The van der Waals surface area contributed by atoms with Crippen LogP contribution in [-0.4, -0.2) is 48.4 Å². The van der Waals surface area contributed by atoms with E-state index in [-0.39, 0.29) is 12.1 Å². The van der Waals surface area contributed by atoms with Crippen molar-refractivity contribution >= 4 is 22.2 Å². The number of fused-ring (bicyclic) bond motifs is 1. The standard InChI is InChI=1S/C12H13NO7S/c1-21(18,19)20-9-6-13(12(16)17)10(11(14)15)8-5-3-2-4-7(8)9/h2-5,9-10H,6H2,1H3,(H,14,15)(H,16,17)/t9-,10+/m1/s1. The van der Waals surface area contributed by atoms with Crippen molar-refractivity contribution in [3.8, 4) is 0 Å². The molecular weight excluding hydrogens is 302 g/mol. The molecule has 1 amide bonds. The van der Waals surface area contributed by atoms with E-state index in [9.17, 15) is 23.1 Å². The number of carbonyl (C=O) groups is 2. The quantitative estimate of drug-likeness (QED) is 0.792. The van der Waals surface area contributed by atoms with E-state index in [1.165, 1.54) is 12.1 Å². The summed E-state index contributed by atoms with van der Waals surface area (Å²) in [4.78, 5) is 23.3. The number of carboxylic acids is 1. The van der Waals surface area contributed by atoms with Gasteiger partial charge in [-0.15, -0.1) is 0 Å². The number of nitrogens with zero attached hydrogens (tertiary/aromatic N) is 1. The molecule has 1 aromatic rings. The number of amides is 1.